The molecule has 116 valence electrons. The van der Waals surface area contributed by atoms with E-state index in [4.69, 9.17) is 4.74 Å². The van der Waals surface area contributed by atoms with Gasteiger partial charge in [0.15, 0.2) is 0 Å². The number of nitrogens with zero attached hydrogens (tertiary/aromatic N) is 1. The van der Waals surface area contributed by atoms with E-state index in [0.717, 1.165) is 5.75 Å². The first-order chi connectivity index (χ1) is 10.0. The molecule has 0 saturated heterocycles. The van der Waals surface area contributed by atoms with Crippen LogP contribution in [0.3, 0.4) is 0 Å². The molecule has 1 unspecified atom stereocenters. The zero-order valence-corrected chi connectivity index (χ0v) is 13.6. The maximum Gasteiger partial charge on any atom is 0.223 e. The lowest BCUT2D eigenvalue weighted by atomic mass is 10.1. The summed E-state index contributed by atoms with van der Waals surface area (Å²) < 4.78 is 5.19. The minimum absolute atomic E-state index is 0.278. The van der Waals surface area contributed by atoms with E-state index in [-0.39, 0.29) is 5.91 Å². The second-order valence-electron chi connectivity index (χ2n) is 6.55. The highest BCUT2D eigenvalue weighted by Crippen LogP contribution is 2.36. The van der Waals surface area contributed by atoms with E-state index in [1.165, 1.54) is 18.4 Å². The molecule has 1 aliphatic rings. The van der Waals surface area contributed by atoms with E-state index < -0.39 is 0 Å². The van der Waals surface area contributed by atoms with Gasteiger partial charge in [0.2, 0.25) is 5.91 Å². The molecular weight excluding hydrogens is 262 g/mol. The molecule has 2 rings (SSSR count). The van der Waals surface area contributed by atoms with E-state index in [1.54, 1.807) is 7.11 Å². The Morgan fingerprint density at radius 2 is 1.86 bits per heavy atom. The van der Waals surface area contributed by atoms with E-state index in [2.05, 4.69) is 25.7 Å². The van der Waals surface area contributed by atoms with E-state index in [9.17, 15) is 4.79 Å². The number of carbonyl (C=O) groups excluding carboxylic acids is 1. The fourth-order valence-corrected chi connectivity index (χ4v) is 2.69. The van der Waals surface area contributed by atoms with Crippen LogP contribution in [0, 0.1) is 11.8 Å². The summed E-state index contributed by atoms with van der Waals surface area (Å²) in [5, 5.41) is 0. The molecule has 1 saturated carbocycles. The highest BCUT2D eigenvalue weighted by Gasteiger charge is 2.34. The Bertz CT molecular complexity index is 463. The van der Waals surface area contributed by atoms with E-state index in [1.807, 2.05) is 24.3 Å². The Kier molecular flexibility index (Phi) is 5.27. The molecule has 1 fully saturated rings. The molecular formula is C18H27NO2. The van der Waals surface area contributed by atoms with Crippen molar-refractivity contribution < 1.29 is 9.53 Å². The number of hydrogen-bond donors (Lipinski definition) is 0. The molecule has 0 bridgehead atoms. The van der Waals surface area contributed by atoms with E-state index >= 15 is 0 Å². The Labute approximate surface area is 128 Å². The van der Waals surface area contributed by atoms with E-state index in [0.29, 0.717) is 30.8 Å². The van der Waals surface area contributed by atoms with Gasteiger partial charge in [-0.3, -0.25) is 4.79 Å². The lowest BCUT2D eigenvalue weighted by Gasteiger charge is -2.30. The van der Waals surface area contributed by atoms with Crippen LogP contribution in [-0.4, -0.2) is 24.0 Å². The highest BCUT2D eigenvalue weighted by atomic mass is 16.5. The third-order valence-corrected chi connectivity index (χ3v) is 4.21. The second kappa shape index (κ2) is 6.97. The predicted octanol–water partition coefficient (Wildman–Crippen LogP) is 3.87. The molecule has 21 heavy (non-hydrogen) atoms. The fourth-order valence-electron chi connectivity index (χ4n) is 2.69. The number of amides is 1. The van der Waals surface area contributed by atoms with Crippen LogP contribution in [0.15, 0.2) is 24.3 Å². The van der Waals surface area contributed by atoms with Gasteiger partial charge < -0.3 is 9.64 Å². The van der Waals surface area contributed by atoms with Crippen LogP contribution in [0.4, 0.5) is 0 Å². The Morgan fingerprint density at radius 3 is 2.33 bits per heavy atom. The van der Waals surface area contributed by atoms with Crippen molar-refractivity contribution in [2.75, 3.05) is 7.11 Å². The summed E-state index contributed by atoms with van der Waals surface area (Å²) in [6.07, 6.45) is 3.15. The zero-order valence-electron chi connectivity index (χ0n) is 13.6. The number of methoxy groups -OCH3 is 1. The topological polar surface area (TPSA) is 29.5 Å². The summed E-state index contributed by atoms with van der Waals surface area (Å²) in [4.78, 5) is 14.6. The summed E-state index contributed by atoms with van der Waals surface area (Å²) >= 11 is 0. The molecule has 0 aliphatic heterocycles. The van der Waals surface area contributed by atoms with Crippen molar-refractivity contribution in [3.8, 4) is 5.75 Å². The molecule has 1 aromatic rings. The van der Waals surface area contributed by atoms with Crippen LogP contribution in [-0.2, 0) is 11.3 Å². The summed E-state index contributed by atoms with van der Waals surface area (Å²) in [5.41, 5.74) is 1.17. The van der Waals surface area contributed by atoms with Crippen molar-refractivity contribution in [1.29, 1.82) is 0 Å². The van der Waals surface area contributed by atoms with Gasteiger partial charge in [-0.05, 0) is 49.3 Å². The minimum atomic E-state index is 0.278. The third kappa shape index (κ3) is 4.48. The van der Waals surface area contributed by atoms with Gasteiger partial charge in [-0.25, -0.2) is 0 Å². The first kappa shape index (κ1) is 15.9. The van der Waals surface area contributed by atoms with Gasteiger partial charge >= 0.3 is 0 Å². The lowest BCUT2D eigenvalue weighted by Crippen LogP contribution is -2.39. The average molecular weight is 289 g/mol. The Morgan fingerprint density at radius 1 is 1.24 bits per heavy atom. The monoisotopic (exact) mass is 289 g/mol. The Balaban J connectivity index is 2.08. The van der Waals surface area contributed by atoms with Crippen molar-refractivity contribution >= 4 is 5.91 Å². The highest BCUT2D eigenvalue weighted by molar-refractivity contribution is 5.76. The van der Waals surface area contributed by atoms with Gasteiger partial charge in [0.25, 0.3) is 0 Å². The smallest absolute Gasteiger partial charge is 0.223 e. The predicted molar refractivity (Wildman–Crippen MR) is 85.2 cm³/mol. The zero-order chi connectivity index (χ0) is 15.4. The van der Waals surface area contributed by atoms with Gasteiger partial charge in [-0.2, -0.15) is 0 Å². The fraction of sp³-hybridized carbons (Fsp3) is 0.611. The molecule has 1 aliphatic carbocycles. The largest absolute Gasteiger partial charge is 0.497 e. The molecule has 0 radical (unpaired) electrons. The second-order valence-corrected chi connectivity index (χ2v) is 6.55. The van der Waals surface area contributed by atoms with Gasteiger partial charge in [0.1, 0.15) is 5.75 Å². The first-order valence-electron chi connectivity index (χ1n) is 7.93. The first-order valence-corrected chi connectivity index (χ1v) is 7.93. The molecule has 3 heteroatoms. The van der Waals surface area contributed by atoms with Crippen LogP contribution in [0.25, 0.3) is 0 Å². The van der Waals surface area contributed by atoms with Crippen molar-refractivity contribution in [2.24, 2.45) is 11.8 Å². The average Bonchev–Trinajstić information content (AvgIpc) is 3.28. The summed E-state index contributed by atoms with van der Waals surface area (Å²) in [6.45, 7) is 7.10. The van der Waals surface area contributed by atoms with Gasteiger partial charge in [0.05, 0.1) is 7.11 Å². The summed E-state index contributed by atoms with van der Waals surface area (Å²) in [7, 11) is 1.67. The van der Waals surface area contributed by atoms with Crippen molar-refractivity contribution in [3.63, 3.8) is 0 Å². The van der Waals surface area contributed by atoms with Crippen molar-refractivity contribution in [3.05, 3.63) is 29.8 Å². The SMILES string of the molecule is COc1ccc(CN(C(=O)CC(C)C)C(C)C2CC2)cc1. The number of hydrogen-bond acceptors (Lipinski definition) is 2. The number of benzene rings is 1. The van der Waals surface area contributed by atoms with Gasteiger partial charge in [0, 0.05) is 19.0 Å². The standard InChI is InChI=1S/C18H27NO2/c1-13(2)11-18(20)19(14(3)16-7-8-16)12-15-5-9-17(21-4)10-6-15/h5-6,9-10,13-14,16H,7-8,11-12H2,1-4H3. The minimum Gasteiger partial charge on any atom is -0.497 e. The molecule has 1 atom stereocenters. The normalized spacial score (nSPS) is 15.9. The van der Waals surface area contributed by atoms with Crippen LogP contribution in [0.2, 0.25) is 0 Å². The van der Waals surface area contributed by atoms with Crippen molar-refractivity contribution in [2.45, 2.75) is 52.6 Å². The van der Waals surface area contributed by atoms with Crippen LogP contribution < -0.4 is 4.74 Å². The molecule has 1 aromatic carbocycles. The number of rotatable bonds is 7. The van der Waals surface area contributed by atoms with Gasteiger partial charge in [-0.15, -0.1) is 0 Å². The number of ether oxygens (including phenoxy) is 1. The third-order valence-electron chi connectivity index (χ3n) is 4.21. The molecule has 0 aromatic heterocycles. The lowest BCUT2D eigenvalue weighted by molar-refractivity contribution is -0.135. The van der Waals surface area contributed by atoms with Crippen molar-refractivity contribution in [1.82, 2.24) is 4.90 Å². The summed E-state index contributed by atoms with van der Waals surface area (Å²) in [5.74, 6) is 2.23. The molecule has 0 N–H and O–H groups in total. The summed E-state index contributed by atoms with van der Waals surface area (Å²) in [6, 6.07) is 8.37. The van der Waals surface area contributed by atoms with Crippen LogP contribution in [0.1, 0.15) is 45.6 Å². The maximum absolute atomic E-state index is 12.6. The van der Waals surface area contributed by atoms with Gasteiger partial charge in [-0.1, -0.05) is 26.0 Å². The molecule has 0 spiro atoms. The molecule has 0 heterocycles. The number of carbonyl (C=O) groups is 1. The Hall–Kier alpha value is -1.51. The molecule has 3 nitrogen and oxygen atoms in total. The maximum atomic E-state index is 12.6. The molecule has 1 amide bonds. The quantitative estimate of drug-likeness (QED) is 0.762. The van der Waals surface area contributed by atoms with Crippen LogP contribution in [0.5, 0.6) is 5.75 Å². The van der Waals surface area contributed by atoms with Crippen LogP contribution >= 0.6 is 0 Å².